The second kappa shape index (κ2) is 10.3. The zero-order chi connectivity index (χ0) is 28.7. The molecule has 0 unspecified atom stereocenters. The number of piperidine rings is 1. The molecule has 1 saturated heterocycles. The fourth-order valence-corrected chi connectivity index (χ4v) is 5.29. The van der Waals surface area contributed by atoms with E-state index in [0.29, 0.717) is 41.2 Å². The van der Waals surface area contributed by atoms with Gasteiger partial charge in [-0.3, -0.25) is 9.67 Å². The van der Waals surface area contributed by atoms with Crippen LogP contribution in [0.2, 0.25) is 0 Å². The van der Waals surface area contributed by atoms with Gasteiger partial charge >= 0.3 is 15.6 Å². The molecule has 208 valence electrons. The molecule has 0 saturated carbocycles. The van der Waals surface area contributed by atoms with Gasteiger partial charge in [0.05, 0.1) is 23.1 Å². The Morgan fingerprint density at radius 1 is 1.10 bits per heavy atom. The van der Waals surface area contributed by atoms with Gasteiger partial charge in [0.25, 0.3) is 0 Å². The molecule has 0 atom stereocenters. The van der Waals surface area contributed by atoms with Crippen molar-refractivity contribution in [3.63, 3.8) is 0 Å². The van der Waals surface area contributed by atoms with Gasteiger partial charge in [-0.2, -0.15) is 31.9 Å². The quantitative estimate of drug-likeness (QED) is 0.250. The first kappa shape index (κ1) is 27.1. The maximum atomic E-state index is 12.9. The van der Waals surface area contributed by atoms with Crippen LogP contribution in [0, 0.1) is 11.3 Å². The van der Waals surface area contributed by atoms with E-state index in [1.165, 1.54) is 6.20 Å². The Labute approximate surface area is 227 Å². The molecule has 1 fully saturated rings. The molecule has 40 heavy (non-hydrogen) atoms. The molecule has 0 bridgehead atoms. The predicted molar refractivity (Wildman–Crippen MR) is 137 cm³/mol. The minimum atomic E-state index is -5.89. The summed E-state index contributed by atoms with van der Waals surface area (Å²) in [5, 5.41) is 23.0. The van der Waals surface area contributed by atoms with Crippen LogP contribution in [-0.2, 0) is 24.2 Å². The lowest BCUT2D eigenvalue weighted by Crippen LogP contribution is -2.34. The third-order valence-corrected chi connectivity index (χ3v) is 7.69. The fourth-order valence-electron chi connectivity index (χ4n) is 4.85. The molecule has 1 aliphatic heterocycles. The number of aryl methyl sites for hydroxylation is 2. The van der Waals surface area contributed by atoms with E-state index in [1.807, 2.05) is 16.5 Å². The van der Waals surface area contributed by atoms with E-state index >= 15 is 0 Å². The summed E-state index contributed by atoms with van der Waals surface area (Å²) in [6, 6.07) is 8.63. The topological polar surface area (TPSA) is 132 Å². The first-order valence-electron chi connectivity index (χ1n) is 12.1. The van der Waals surface area contributed by atoms with Crippen LogP contribution in [-0.4, -0.2) is 56.5 Å². The first-order valence-corrected chi connectivity index (χ1v) is 13.5. The number of aromatic nitrogens is 6. The summed E-state index contributed by atoms with van der Waals surface area (Å²) < 4.78 is 69.7. The molecule has 0 amide bonds. The molecule has 1 aliphatic rings. The highest BCUT2D eigenvalue weighted by Crippen LogP contribution is 2.42. The fraction of sp³-hybridized carbons (Fsp3) is 0.320. The third-order valence-electron chi connectivity index (χ3n) is 6.72. The van der Waals surface area contributed by atoms with E-state index in [0.717, 1.165) is 30.9 Å². The van der Waals surface area contributed by atoms with Gasteiger partial charge in [0.1, 0.15) is 18.2 Å². The minimum Gasteiger partial charge on any atom is -0.374 e. The van der Waals surface area contributed by atoms with Gasteiger partial charge in [0.2, 0.25) is 0 Å². The largest absolute Gasteiger partial charge is 0.534 e. The van der Waals surface area contributed by atoms with Gasteiger partial charge in [-0.1, -0.05) is 12.1 Å². The van der Waals surface area contributed by atoms with E-state index in [2.05, 4.69) is 30.5 Å². The molecule has 0 N–H and O–H groups in total. The standard InChI is InChI=1S/C25H23F3N8O3S/c1-34-15-31-32-24(34)16-5-9-36(10-6-16)23-19(3-4-20(21(23)12-29)22-7-8-35(2)33-22)17-11-18(14-30-13-17)39-40(37,38)25(26,27)28/h3-4,7-8,11,13-16H,5-6,9-10H2,1-2H3. The van der Waals surface area contributed by atoms with Crippen LogP contribution >= 0.6 is 0 Å². The Balaban J connectivity index is 1.58. The van der Waals surface area contributed by atoms with Crippen LogP contribution in [0.25, 0.3) is 22.4 Å². The van der Waals surface area contributed by atoms with E-state index in [1.54, 1.807) is 42.5 Å². The summed E-state index contributed by atoms with van der Waals surface area (Å²) in [4.78, 5) is 5.95. The van der Waals surface area contributed by atoms with Crippen molar-refractivity contribution in [1.29, 1.82) is 5.26 Å². The summed E-state index contributed by atoms with van der Waals surface area (Å²) in [6.07, 6.45) is 7.09. The number of alkyl halides is 3. The highest BCUT2D eigenvalue weighted by molar-refractivity contribution is 7.88. The minimum absolute atomic E-state index is 0.155. The summed E-state index contributed by atoms with van der Waals surface area (Å²) in [5.74, 6) is 0.416. The summed E-state index contributed by atoms with van der Waals surface area (Å²) >= 11 is 0. The number of hydrogen-bond donors (Lipinski definition) is 0. The molecule has 1 aromatic carbocycles. The normalized spacial score (nSPS) is 14.8. The number of rotatable bonds is 6. The molecule has 3 aromatic heterocycles. The molecule has 0 radical (unpaired) electrons. The lowest BCUT2D eigenvalue weighted by atomic mass is 9.91. The molecule has 0 aliphatic carbocycles. The smallest absolute Gasteiger partial charge is 0.374 e. The molecule has 11 nitrogen and oxygen atoms in total. The Morgan fingerprint density at radius 2 is 1.82 bits per heavy atom. The number of anilines is 1. The Kier molecular flexibility index (Phi) is 6.96. The number of pyridine rings is 1. The van der Waals surface area contributed by atoms with Crippen molar-refractivity contribution in [3.8, 4) is 34.2 Å². The Bertz CT molecular complexity index is 1700. The van der Waals surface area contributed by atoms with Gasteiger partial charge < -0.3 is 13.7 Å². The highest BCUT2D eigenvalue weighted by atomic mass is 32.2. The van der Waals surface area contributed by atoms with Gasteiger partial charge in [-0.15, -0.1) is 10.2 Å². The van der Waals surface area contributed by atoms with Crippen molar-refractivity contribution < 1.29 is 25.8 Å². The SMILES string of the molecule is Cn1ccc(-c2ccc(-c3cncc(OS(=O)(=O)C(F)(F)F)c3)c(N3CCC(c4nncn4C)CC3)c2C#N)n1. The van der Waals surface area contributed by atoms with Crippen LogP contribution in [0.4, 0.5) is 18.9 Å². The van der Waals surface area contributed by atoms with Crippen molar-refractivity contribution in [2.75, 3.05) is 18.0 Å². The van der Waals surface area contributed by atoms with Crippen LogP contribution in [0.15, 0.2) is 49.2 Å². The number of halogens is 3. The van der Waals surface area contributed by atoms with Crippen LogP contribution < -0.4 is 9.08 Å². The maximum Gasteiger partial charge on any atom is 0.534 e. The molecular weight excluding hydrogens is 549 g/mol. The molecule has 5 rings (SSSR count). The van der Waals surface area contributed by atoms with Crippen molar-refractivity contribution in [2.45, 2.75) is 24.3 Å². The van der Waals surface area contributed by atoms with E-state index in [-0.39, 0.29) is 11.5 Å². The highest BCUT2D eigenvalue weighted by Gasteiger charge is 2.48. The first-order chi connectivity index (χ1) is 19.0. The van der Waals surface area contributed by atoms with Gasteiger partial charge in [-0.25, -0.2) is 0 Å². The van der Waals surface area contributed by atoms with Gasteiger partial charge in [0.15, 0.2) is 5.75 Å². The van der Waals surface area contributed by atoms with E-state index in [9.17, 15) is 26.9 Å². The molecule has 4 heterocycles. The number of nitrogens with zero attached hydrogens (tertiary/aromatic N) is 8. The van der Waals surface area contributed by atoms with Gasteiger partial charge in [-0.05, 0) is 25.0 Å². The Morgan fingerprint density at radius 3 is 2.42 bits per heavy atom. The maximum absolute atomic E-state index is 12.9. The third kappa shape index (κ3) is 5.09. The summed E-state index contributed by atoms with van der Waals surface area (Å²) in [6.45, 7) is 1.11. The van der Waals surface area contributed by atoms with Gasteiger partial charge in [0, 0.05) is 62.2 Å². The molecular formula is C25H23F3N8O3S. The number of nitriles is 1. The number of hydrogen-bond acceptors (Lipinski definition) is 9. The average molecular weight is 573 g/mol. The van der Waals surface area contributed by atoms with Crippen molar-refractivity contribution >= 4 is 15.8 Å². The lowest BCUT2D eigenvalue weighted by Gasteiger charge is -2.35. The molecule has 15 heteroatoms. The van der Waals surface area contributed by atoms with E-state index in [4.69, 9.17) is 0 Å². The zero-order valence-corrected chi connectivity index (χ0v) is 22.2. The van der Waals surface area contributed by atoms with Crippen LogP contribution in [0.5, 0.6) is 5.75 Å². The van der Waals surface area contributed by atoms with Crippen molar-refractivity contribution in [1.82, 2.24) is 29.5 Å². The lowest BCUT2D eigenvalue weighted by molar-refractivity contribution is -0.0500. The monoisotopic (exact) mass is 572 g/mol. The second-order valence-electron chi connectivity index (χ2n) is 9.32. The molecule has 0 spiro atoms. The summed E-state index contributed by atoms with van der Waals surface area (Å²) in [7, 11) is -2.25. The van der Waals surface area contributed by atoms with Crippen LogP contribution in [0.1, 0.15) is 30.1 Å². The van der Waals surface area contributed by atoms with Crippen molar-refractivity contribution in [3.05, 3.63) is 60.6 Å². The summed E-state index contributed by atoms with van der Waals surface area (Å²) in [5.41, 5.74) is -2.81. The predicted octanol–water partition coefficient (Wildman–Crippen LogP) is 3.76. The molecule has 4 aromatic rings. The Hall–Kier alpha value is -4.45. The zero-order valence-electron chi connectivity index (χ0n) is 21.4. The van der Waals surface area contributed by atoms with Crippen molar-refractivity contribution in [2.24, 2.45) is 14.1 Å². The van der Waals surface area contributed by atoms with E-state index < -0.39 is 21.4 Å². The second-order valence-corrected chi connectivity index (χ2v) is 10.9. The van der Waals surface area contributed by atoms with Crippen LogP contribution in [0.3, 0.4) is 0 Å². The average Bonchev–Trinajstić information content (AvgIpc) is 3.55. The number of benzene rings is 1.